The molecule has 1 aliphatic rings. The standard InChI is InChI=1S/C20H17N3O3S/c1-12(24)21-15-4-5-16-18(11-15)27-20(22-16)23-19(25)7-3-13-2-6-17-14(10-13)8-9-26-17/h2-7,10-11H,8-9H2,1H3,(H,21,24)(H,22,23,25)/b7-3+. The molecule has 0 saturated carbocycles. The van der Waals surface area contributed by atoms with Gasteiger partial charge in [-0.1, -0.05) is 17.4 Å². The highest BCUT2D eigenvalue weighted by atomic mass is 32.1. The molecule has 0 atom stereocenters. The van der Waals surface area contributed by atoms with Gasteiger partial charge in [0.25, 0.3) is 0 Å². The number of rotatable bonds is 4. The molecule has 2 aromatic carbocycles. The fourth-order valence-electron chi connectivity index (χ4n) is 2.89. The van der Waals surface area contributed by atoms with Gasteiger partial charge in [-0.3, -0.25) is 14.9 Å². The Morgan fingerprint density at radius 3 is 2.93 bits per heavy atom. The number of carbonyl (C=O) groups is 2. The Labute approximate surface area is 159 Å². The summed E-state index contributed by atoms with van der Waals surface area (Å²) in [6, 6.07) is 11.3. The van der Waals surface area contributed by atoms with Crippen LogP contribution in [0.1, 0.15) is 18.1 Å². The molecule has 1 aliphatic heterocycles. The first kappa shape index (κ1) is 17.2. The number of ether oxygens (including phenoxy) is 1. The molecule has 0 aliphatic carbocycles. The summed E-state index contributed by atoms with van der Waals surface area (Å²) in [6.07, 6.45) is 4.16. The molecule has 0 bridgehead atoms. The van der Waals surface area contributed by atoms with Gasteiger partial charge in [-0.25, -0.2) is 4.98 Å². The molecule has 7 heteroatoms. The predicted octanol–water partition coefficient (Wildman–Crippen LogP) is 3.84. The molecule has 3 aromatic rings. The van der Waals surface area contributed by atoms with E-state index in [2.05, 4.69) is 15.6 Å². The number of carbonyl (C=O) groups excluding carboxylic acids is 2. The monoisotopic (exact) mass is 379 g/mol. The number of fused-ring (bicyclic) bond motifs is 2. The lowest BCUT2D eigenvalue weighted by molar-refractivity contribution is -0.114. The third kappa shape index (κ3) is 3.98. The maximum Gasteiger partial charge on any atom is 0.250 e. The van der Waals surface area contributed by atoms with Crippen molar-refractivity contribution in [2.24, 2.45) is 0 Å². The van der Waals surface area contributed by atoms with Crippen LogP contribution in [0.15, 0.2) is 42.5 Å². The number of amides is 2. The molecule has 0 radical (unpaired) electrons. The van der Waals surface area contributed by atoms with E-state index in [1.807, 2.05) is 30.3 Å². The number of hydrogen-bond acceptors (Lipinski definition) is 5. The first-order valence-electron chi connectivity index (χ1n) is 8.50. The Bertz CT molecular complexity index is 1070. The molecular formula is C20H17N3O3S. The van der Waals surface area contributed by atoms with E-state index >= 15 is 0 Å². The average molecular weight is 379 g/mol. The molecule has 1 aromatic heterocycles. The van der Waals surface area contributed by atoms with Crippen LogP contribution in [-0.4, -0.2) is 23.4 Å². The van der Waals surface area contributed by atoms with Crippen LogP contribution in [-0.2, 0) is 16.0 Å². The lowest BCUT2D eigenvalue weighted by Gasteiger charge is -2.00. The van der Waals surface area contributed by atoms with Gasteiger partial charge in [0.15, 0.2) is 5.13 Å². The van der Waals surface area contributed by atoms with Crippen LogP contribution in [0.2, 0.25) is 0 Å². The van der Waals surface area contributed by atoms with Crippen LogP contribution in [0.5, 0.6) is 5.75 Å². The minimum absolute atomic E-state index is 0.129. The van der Waals surface area contributed by atoms with Crippen molar-refractivity contribution < 1.29 is 14.3 Å². The van der Waals surface area contributed by atoms with Crippen molar-refractivity contribution in [2.45, 2.75) is 13.3 Å². The summed E-state index contributed by atoms with van der Waals surface area (Å²) in [5.41, 5.74) is 3.60. The minimum Gasteiger partial charge on any atom is -0.493 e. The Morgan fingerprint density at radius 2 is 2.07 bits per heavy atom. The van der Waals surface area contributed by atoms with Crippen LogP contribution < -0.4 is 15.4 Å². The molecule has 0 spiro atoms. The molecule has 0 saturated heterocycles. The van der Waals surface area contributed by atoms with E-state index in [-0.39, 0.29) is 11.8 Å². The minimum atomic E-state index is -0.243. The largest absolute Gasteiger partial charge is 0.493 e. The van der Waals surface area contributed by atoms with Crippen LogP contribution in [0, 0.1) is 0 Å². The summed E-state index contributed by atoms with van der Waals surface area (Å²) in [6.45, 7) is 2.17. The third-order valence-electron chi connectivity index (χ3n) is 4.08. The summed E-state index contributed by atoms with van der Waals surface area (Å²) in [5, 5.41) is 6.04. The van der Waals surface area contributed by atoms with Crippen molar-refractivity contribution in [3.63, 3.8) is 0 Å². The summed E-state index contributed by atoms with van der Waals surface area (Å²) in [7, 11) is 0. The van der Waals surface area contributed by atoms with E-state index in [1.54, 1.807) is 12.1 Å². The molecule has 4 rings (SSSR count). The highest BCUT2D eigenvalue weighted by Crippen LogP contribution is 2.29. The first-order valence-corrected chi connectivity index (χ1v) is 9.31. The van der Waals surface area contributed by atoms with Crippen molar-refractivity contribution in [1.82, 2.24) is 4.98 Å². The molecule has 2 amide bonds. The molecule has 6 nitrogen and oxygen atoms in total. The number of benzene rings is 2. The van der Waals surface area contributed by atoms with Gasteiger partial charge < -0.3 is 10.1 Å². The van der Waals surface area contributed by atoms with Gasteiger partial charge in [0.1, 0.15) is 5.75 Å². The number of hydrogen-bond donors (Lipinski definition) is 2. The average Bonchev–Trinajstić information content (AvgIpc) is 3.24. The summed E-state index contributed by atoms with van der Waals surface area (Å²) >= 11 is 1.36. The zero-order valence-electron chi connectivity index (χ0n) is 14.6. The lowest BCUT2D eigenvalue weighted by Crippen LogP contribution is -2.07. The van der Waals surface area contributed by atoms with E-state index in [4.69, 9.17) is 4.74 Å². The van der Waals surface area contributed by atoms with Gasteiger partial charge in [-0.15, -0.1) is 0 Å². The van der Waals surface area contributed by atoms with E-state index in [1.165, 1.54) is 29.9 Å². The van der Waals surface area contributed by atoms with E-state index < -0.39 is 0 Å². The van der Waals surface area contributed by atoms with Gasteiger partial charge >= 0.3 is 0 Å². The van der Waals surface area contributed by atoms with Gasteiger partial charge in [0.05, 0.1) is 16.8 Å². The molecule has 2 heterocycles. The van der Waals surface area contributed by atoms with Crippen LogP contribution >= 0.6 is 11.3 Å². The Hall–Kier alpha value is -3.19. The molecule has 27 heavy (non-hydrogen) atoms. The number of aromatic nitrogens is 1. The van der Waals surface area contributed by atoms with Crippen LogP contribution in [0.4, 0.5) is 10.8 Å². The highest BCUT2D eigenvalue weighted by molar-refractivity contribution is 7.22. The zero-order chi connectivity index (χ0) is 18.8. The van der Waals surface area contributed by atoms with E-state index in [0.717, 1.165) is 28.0 Å². The topological polar surface area (TPSA) is 80.3 Å². The molecule has 0 unspecified atom stereocenters. The summed E-state index contributed by atoms with van der Waals surface area (Å²) < 4.78 is 6.37. The second-order valence-electron chi connectivity index (χ2n) is 6.17. The Morgan fingerprint density at radius 1 is 1.19 bits per heavy atom. The summed E-state index contributed by atoms with van der Waals surface area (Å²) in [5.74, 6) is 0.549. The Kier molecular flexibility index (Phi) is 4.60. The Balaban J connectivity index is 1.45. The highest BCUT2D eigenvalue weighted by Gasteiger charge is 2.11. The SMILES string of the molecule is CC(=O)Nc1ccc2nc(NC(=O)/C=C/c3ccc4c(c3)CCO4)sc2c1. The molecule has 136 valence electrons. The molecule has 2 N–H and O–H groups in total. The van der Waals surface area contributed by atoms with Crippen molar-refractivity contribution in [1.29, 1.82) is 0 Å². The molecule has 0 fully saturated rings. The normalized spacial score (nSPS) is 12.8. The number of anilines is 2. The summed E-state index contributed by atoms with van der Waals surface area (Å²) in [4.78, 5) is 27.8. The van der Waals surface area contributed by atoms with Gasteiger partial charge in [-0.05, 0) is 47.5 Å². The van der Waals surface area contributed by atoms with E-state index in [9.17, 15) is 9.59 Å². The maximum absolute atomic E-state index is 12.2. The maximum atomic E-state index is 12.2. The quantitative estimate of drug-likeness (QED) is 0.675. The van der Waals surface area contributed by atoms with Crippen molar-refractivity contribution >= 4 is 50.3 Å². The van der Waals surface area contributed by atoms with Gasteiger partial charge in [0.2, 0.25) is 11.8 Å². The third-order valence-corrected chi connectivity index (χ3v) is 5.01. The lowest BCUT2D eigenvalue weighted by atomic mass is 10.1. The second kappa shape index (κ2) is 7.20. The smallest absolute Gasteiger partial charge is 0.250 e. The van der Waals surface area contributed by atoms with Crippen LogP contribution in [0.25, 0.3) is 16.3 Å². The number of thiazole rings is 1. The van der Waals surface area contributed by atoms with Crippen LogP contribution in [0.3, 0.4) is 0 Å². The van der Waals surface area contributed by atoms with Crippen molar-refractivity contribution in [3.8, 4) is 5.75 Å². The predicted molar refractivity (Wildman–Crippen MR) is 107 cm³/mol. The fourth-order valence-corrected chi connectivity index (χ4v) is 3.80. The van der Waals surface area contributed by atoms with E-state index in [0.29, 0.717) is 17.4 Å². The van der Waals surface area contributed by atoms with Crippen molar-refractivity contribution in [3.05, 3.63) is 53.6 Å². The first-order chi connectivity index (χ1) is 13.1. The zero-order valence-corrected chi connectivity index (χ0v) is 15.4. The van der Waals surface area contributed by atoms with Crippen molar-refractivity contribution in [2.75, 3.05) is 17.2 Å². The number of nitrogens with zero attached hydrogens (tertiary/aromatic N) is 1. The molecular weight excluding hydrogens is 362 g/mol. The fraction of sp³-hybridized carbons (Fsp3) is 0.150. The van der Waals surface area contributed by atoms with Gasteiger partial charge in [-0.2, -0.15) is 0 Å². The number of nitrogens with one attached hydrogen (secondary N) is 2. The van der Waals surface area contributed by atoms with Gasteiger partial charge in [0, 0.05) is 25.1 Å². The second-order valence-corrected chi connectivity index (χ2v) is 7.20.